The van der Waals surface area contributed by atoms with E-state index in [9.17, 15) is 9.90 Å². The number of carboxylic acid groups (broad SMARTS) is 1. The first-order chi connectivity index (χ1) is 11.1. The second kappa shape index (κ2) is 6.53. The van der Waals surface area contributed by atoms with Gasteiger partial charge in [0.05, 0.1) is 12.6 Å². The number of aliphatic hydroxyl groups is 1. The number of carbonyl (C=O) groups is 1. The van der Waals surface area contributed by atoms with Crippen LogP contribution in [0.5, 0.6) is 0 Å². The van der Waals surface area contributed by atoms with E-state index in [4.69, 9.17) is 24.8 Å². The van der Waals surface area contributed by atoms with Crippen LogP contribution >= 0.6 is 0 Å². The maximum absolute atomic E-state index is 11.2. The van der Waals surface area contributed by atoms with Crippen LogP contribution in [0.2, 0.25) is 0 Å². The number of hydrogen-bond donors (Lipinski definition) is 2. The van der Waals surface area contributed by atoms with Crippen LogP contribution in [0.15, 0.2) is 35.4 Å². The number of benzene rings is 1. The fraction of sp³-hybridized carbons (Fsp3) is 0.500. The van der Waals surface area contributed by atoms with Gasteiger partial charge in [0, 0.05) is 10.5 Å². The maximum atomic E-state index is 11.2. The summed E-state index contributed by atoms with van der Waals surface area (Å²) in [4.78, 5) is 13.9. The molecule has 0 radical (unpaired) electrons. The highest BCUT2D eigenvalue weighted by atomic mass is 16.7. The summed E-state index contributed by atoms with van der Waals surface area (Å²) in [5.41, 5.74) is 9.47. The maximum Gasteiger partial charge on any atom is 0.335 e. The molecule has 2 aliphatic rings. The van der Waals surface area contributed by atoms with Crippen LogP contribution in [0, 0.1) is 0 Å². The smallest absolute Gasteiger partial charge is 0.335 e. The number of ether oxygens (including phenoxy) is 3. The molecule has 2 aliphatic heterocycles. The summed E-state index contributed by atoms with van der Waals surface area (Å²) in [5, 5.41) is 22.8. The number of hydrogen-bond acceptors (Lipinski definition) is 6. The molecule has 1 aromatic carbocycles. The van der Waals surface area contributed by atoms with E-state index >= 15 is 0 Å². The van der Waals surface area contributed by atoms with Gasteiger partial charge in [-0.25, -0.2) is 4.79 Å². The molecule has 0 bridgehead atoms. The van der Waals surface area contributed by atoms with E-state index in [2.05, 4.69) is 10.0 Å². The molecule has 0 aromatic heterocycles. The number of rotatable bonds is 3. The van der Waals surface area contributed by atoms with Gasteiger partial charge in [-0.15, -0.1) is 0 Å². The number of aliphatic hydroxyl groups excluding tert-OH is 1. The highest BCUT2D eigenvalue weighted by molar-refractivity contribution is 5.73. The Bertz CT molecular complexity index is 620. The molecule has 6 atom stereocenters. The number of carboxylic acids is 1. The molecule has 23 heavy (non-hydrogen) atoms. The second-order valence-corrected chi connectivity index (χ2v) is 5.30. The Morgan fingerprint density at radius 1 is 1.30 bits per heavy atom. The fourth-order valence-corrected chi connectivity index (χ4v) is 2.79. The van der Waals surface area contributed by atoms with Crippen molar-refractivity contribution in [2.24, 2.45) is 5.11 Å². The first-order valence-corrected chi connectivity index (χ1v) is 7.04. The zero-order valence-corrected chi connectivity index (χ0v) is 11.9. The lowest BCUT2D eigenvalue weighted by Gasteiger charge is -2.45. The van der Waals surface area contributed by atoms with Crippen molar-refractivity contribution in [2.45, 2.75) is 36.7 Å². The molecule has 0 saturated carbocycles. The Labute approximate surface area is 131 Å². The topological polar surface area (TPSA) is 134 Å². The van der Waals surface area contributed by atoms with Gasteiger partial charge in [0.2, 0.25) is 0 Å². The quantitative estimate of drug-likeness (QED) is 0.484. The molecule has 1 unspecified atom stereocenters. The van der Waals surface area contributed by atoms with Crippen molar-refractivity contribution in [3.05, 3.63) is 46.3 Å². The lowest BCUT2D eigenvalue weighted by Crippen LogP contribution is -2.62. The molecule has 0 amide bonds. The van der Waals surface area contributed by atoms with Gasteiger partial charge in [0.1, 0.15) is 18.3 Å². The van der Waals surface area contributed by atoms with Crippen LogP contribution in [-0.2, 0) is 19.0 Å². The Morgan fingerprint density at radius 2 is 2.04 bits per heavy atom. The second-order valence-electron chi connectivity index (χ2n) is 5.30. The van der Waals surface area contributed by atoms with E-state index < -0.39 is 42.7 Å². The summed E-state index contributed by atoms with van der Waals surface area (Å²) in [6, 6.07) is 8.05. The lowest BCUT2D eigenvalue weighted by atomic mass is 9.92. The van der Waals surface area contributed by atoms with Crippen LogP contribution in [0.3, 0.4) is 0 Å². The molecular formula is C14H15N3O6. The molecular weight excluding hydrogens is 306 g/mol. The largest absolute Gasteiger partial charge is 0.479 e. The van der Waals surface area contributed by atoms with Gasteiger partial charge in [-0.05, 0) is 5.53 Å². The van der Waals surface area contributed by atoms with Crippen molar-refractivity contribution >= 4 is 5.97 Å². The number of azide groups is 1. The fourth-order valence-electron chi connectivity index (χ4n) is 2.79. The molecule has 2 saturated heterocycles. The third-order valence-electron chi connectivity index (χ3n) is 3.88. The van der Waals surface area contributed by atoms with Gasteiger partial charge < -0.3 is 24.4 Å². The van der Waals surface area contributed by atoms with Gasteiger partial charge in [0.25, 0.3) is 0 Å². The number of fused-ring (bicyclic) bond motifs is 1. The van der Waals surface area contributed by atoms with Crippen molar-refractivity contribution in [3.8, 4) is 0 Å². The standard InChI is InChI=1S/C14H15N3O6/c15-17-16-9-10(18)12(13(19)20)22-8-6-21-14(23-11(8)9)7-4-2-1-3-5-7/h1-5,8-12,14,18H,6H2,(H,19,20)/t8-,9-,10-,11+,12?,14+/m1/s1. The summed E-state index contributed by atoms with van der Waals surface area (Å²) in [7, 11) is 0. The van der Waals surface area contributed by atoms with Crippen molar-refractivity contribution in [1.29, 1.82) is 0 Å². The summed E-state index contributed by atoms with van der Waals surface area (Å²) < 4.78 is 16.7. The van der Waals surface area contributed by atoms with E-state index in [1.54, 1.807) is 0 Å². The Kier molecular flexibility index (Phi) is 4.46. The van der Waals surface area contributed by atoms with E-state index in [1.807, 2.05) is 30.3 Å². The Balaban J connectivity index is 1.84. The van der Waals surface area contributed by atoms with Gasteiger partial charge >= 0.3 is 5.97 Å². The summed E-state index contributed by atoms with van der Waals surface area (Å²) in [6.07, 6.45) is -5.23. The van der Waals surface area contributed by atoms with Crippen LogP contribution in [0.25, 0.3) is 10.4 Å². The average molecular weight is 321 g/mol. The van der Waals surface area contributed by atoms with Crippen LogP contribution < -0.4 is 0 Å². The first kappa shape index (κ1) is 15.7. The number of aliphatic carboxylic acids is 1. The highest BCUT2D eigenvalue weighted by Crippen LogP contribution is 2.35. The van der Waals surface area contributed by atoms with Crippen LogP contribution in [0.4, 0.5) is 0 Å². The molecule has 1 aromatic rings. The Morgan fingerprint density at radius 3 is 2.70 bits per heavy atom. The van der Waals surface area contributed by atoms with Gasteiger partial charge in [-0.3, -0.25) is 0 Å². The summed E-state index contributed by atoms with van der Waals surface area (Å²) >= 11 is 0. The molecule has 3 rings (SSSR count). The SMILES string of the molecule is [N-]=[N+]=N[C@H]1[C@H]2O[C@@H](c3ccccc3)OC[C@H]2OC(C(=O)O)[C@@H]1O. The average Bonchev–Trinajstić information content (AvgIpc) is 2.57. The van der Waals surface area contributed by atoms with Crippen LogP contribution in [0.1, 0.15) is 11.9 Å². The normalized spacial score (nSPS) is 36.6. The minimum atomic E-state index is -1.50. The lowest BCUT2D eigenvalue weighted by molar-refractivity contribution is -0.304. The predicted molar refractivity (Wildman–Crippen MR) is 75.2 cm³/mol. The summed E-state index contributed by atoms with van der Waals surface area (Å²) in [6.45, 7) is 0.0676. The minimum Gasteiger partial charge on any atom is -0.479 e. The van der Waals surface area contributed by atoms with Gasteiger partial charge in [-0.2, -0.15) is 0 Å². The summed E-state index contributed by atoms with van der Waals surface area (Å²) in [5.74, 6) is -1.33. The van der Waals surface area contributed by atoms with Gasteiger partial charge in [-0.1, -0.05) is 35.4 Å². The third kappa shape index (κ3) is 3.00. The third-order valence-corrected chi connectivity index (χ3v) is 3.88. The zero-order chi connectivity index (χ0) is 16.4. The molecule has 2 fully saturated rings. The van der Waals surface area contributed by atoms with Crippen molar-refractivity contribution < 1.29 is 29.2 Å². The monoisotopic (exact) mass is 321 g/mol. The molecule has 0 aliphatic carbocycles. The van der Waals surface area contributed by atoms with E-state index in [-0.39, 0.29) is 6.61 Å². The van der Waals surface area contributed by atoms with Crippen molar-refractivity contribution in [2.75, 3.05) is 6.61 Å². The molecule has 0 spiro atoms. The van der Waals surface area contributed by atoms with Crippen LogP contribution in [-0.4, -0.2) is 53.2 Å². The molecule has 122 valence electrons. The van der Waals surface area contributed by atoms with E-state index in [0.717, 1.165) is 5.56 Å². The molecule has 2 heterocycles. The Hall–Kier alpha value is -2.16. The van der Waals surface area contributed by atoms with Crippen molar-refractivity contribution in [3.63, 3.8) is 0 Å². The minimum absolute atomic E-state index is 0.0676. The first-order valence-electron chi connectivity index (χ1n) is 7.04. The predicted octanol–water partition coefficient (Wildman–Crippen LogP) is 0.992. The highest BCUT2D eigenvalue weighted by Gasteiger charge is 2.51. The number of nitrogens with zero attached hydrogens (tertiary/aromatic N) is 3. The van der Waals surface area contributed by atoms with Gasteiger partial charge in [0.15, 0.2) is 12.4 Å². The zero-order valence-electron chi connectivity index (χ0n) is 11.9. The molecule has 9 heteroatoms. The molecule has 9 nitrogen and oxygen atoms in total. The van der Waals surface area contributed by atoms with E-state index in [0.29, 0.717) is 0 Å². The van der Waals surface area contributed by atoms with Crippen molar-refractivity contribution in [1.82, 2.24) is 0 Å². The van der Waals surface area contributed by atoms with E-state index in [1.165, 1.54) is 0 Å². The molecule has 2 N–H and O–H groups in total.